The minimum absolute atomic E-state index is 0.476. The van der Waals surface area contributed by atoms with Crippen molar-refractivity contribution < 1.29 is 0 Å². The Morgan fingerprint density at radius 3 is 2.78 bits per heavy atom. The molecule has 0 aromatic heterocycles. The molecular formula is C15H23ClN2. The lowest BCUT2D eigenvalue weighted by Crippen LogP contribution is -2.31. The van der Waals surface area contributed by atoms with Gasteiger partial charge in [0.15, 0.2) is 0 Å². The van der Waals surface area contributed by atoms with Gasteiger partial charge in [0, 0.05) is 36.4 Å². The van der Waals surface area contributed by atoms with E-state index in [0.29, 0.717) is 12.1 Å². The Hall–Kier alpha value is -0.730. The van der Waals surface area contributed by atoms with Gasteiger partial charge in [-0.15, -0.1) is 0 Å². The average molecular weight is 267 g/mol. The smallest absolute Gasteiger partial charge is 0.0413 e. The van der Waals surface area contributed by atoms with Gasteiger partial charge in [0.25, 0.3) is 0 Å². The summed E-state index contributed by atoms with van der Waals surface area (Å²) in [6.07, 6.45) is 2.43. The van der Waals surface area contributed by atoms with Gasteiger partial charge in [-0.25, -0.2) is 0 Å². The number of hydrogen-bond acceptors (Lipinski definition) is 2. The van der Waals surface area contributed by atoms with Gasteiger partial charge in [-0.2, -0.15) is 0 Å². The summed E-state index contributed by atoms with van der Waals surface area (Å²) in [6, 6.07) is 7.31. The molecule has 3 heteroatoms. The molecule has 2 nitrogen and oxygen atoms in total. The average Bonchev–Trinajstić information content (AvgIpc) is 2.47. The topological polar surface area (TPSA) is 6.48 Å². The summed E-state index contributed by atoms with van der Waals surface area (Å²) in [5, 5.41) is 0.839. The van der Waals surface area contributed by atoms with Crippen molar-refractivity contribution in [2.45, 2.75) is 38.8 Å². The first-order valence-electron chi connectivity index (χ1n) is 6.73. The molecule has 1 aliphatic rings. The first-order chi connectivity index (χ1) is 8.50. The highest BCUT2D eigenvalue weighted by Gasteiger charge is 2.25. The van der Waals surface area contributed by atoms with E-state index in [1.54, 1.807) is 0 Å². The number of anilines is 1. The van der Waals surface area contributed by atoms with E-state index in [1.807, 2.05) is 6.07 Å². The Morgan fingerprint density at radius 1 is 1.39 bits per heavy atom. The van der Waals surface area contributed by atoms with Crippen LogP contribution in [0.1, 0.15) is 38.3 Å². The third-order valence-electron chi connectivity index (χ3n) is 4.04. The van der Waals surface area contributed by atoms with E-state index in [-0.39, 0.29) is 0 Å². The van der Waals surface area contributed by atoms with Crippen molar-refractivity contribution in [3.63, 3.8) is 0 Å². The molecule has 0 saturated carbocycles. The number of hydrogen-bond donors (Lipinski definition) is 0. The molecule has 0 aliphatic carbocycles. The molecule has 18 heavy (non-hydrogen) atoms. The van der Waals surface area contributed by atoms with Crippen LogP contribution in [0.4, 0.5) is 5.69 Å². The van der Waals surface area contributed by atoms with E-state index in [4.69, 9.17) is 11.6 Å². The Kier molecular flexibility index (Phi) is 4.18. The van der Waals surface area contributed by atoms with Crippen LogP contribution >= 0.6 is 11.6 Å². The van der Waals surface area contributed by atoms with Crippen LogP contribution in [0.2, 0.25) is 5.02 Å². The maximum Gasteiger partial charge on any atom is 0.0413 e. The first-order valence-corrected chi connectivity index (χ1v) is 7.11. The molecule has 2 rings (SSSR count). The second-order valence-corrected chi connectivity index (χ2v) is 5.98. The molecule has 0 bridgehead atoms. The molecule has 0 saturated heterocycles. The van der Waals surface area contributed by atoms with E-state index in [0.717, 1.165) is 11.6 Å². The predicted molar refractivity (Wildman–Crippen MR) is 79.6 cm³/mol. The zero-order valence-electron chi connectivity index (χ0n) is 11.8. The van der Waals surface area contributed by atoms with Gasteiger partial charge in [-0.3, -0.25) is 4.90 Å². The third-order valence-corrected chi connectivity index (χ3v) is 4.27. The Labute approximate surface area is 116 Å². The van der Waals surface area contributed by atoms with Crippen molar-refractivity contribution in [2.75, 3.05) is 25.5 Å². The number of benzene rings is 1. The zero-order chi connectivity index (χ0) is 13.3. The van der Waals surface area contributed by atoms with Crippen molar-refractivity contribution in [3.05, 3.63) is 28.8 Å². The highest BCUT2D eigenvalue weighted by molar-refractivity contribution is 6.30. The standard InChI is InChI=1S/C15H23ClN2/c1-11(2)18(4)15-6-5-9-17(3)14-8-7-12(16)10-13(14)15/h7-8,10-11,15H,5-6,9H2,1-4H3. The summed E-state index contributed by atoms with van der Waals surface area (Å²) in [7, 11) is 4.38. The quantitative estimate of drug-likeness (QED) is 0.800. The minimum atomic E-state index is 0.476. The van der Waals surface area contributed by atoms with Gasteiger partial charge in [-0.05, 0) is 57.5 Å². The number of halogens is 1. The molecule has 0 amide bonds. The van der Waals surface area contributed by atoms with Crippen molar-refractivity contribution in [1.82, 2.24) is 4.90 Å². The Balaban J connectivity index is 2.44. The number of rotatable bonds is 2. The monoisotopic (exact) mass is 266 g/mol. The van der Waals surface area contributed by atoms with Crippen LogP contribution in [0.25, 0.3) is 0 Å². The first kappa shape index (κ1) is 13.7. The maximum absolute atomic E-state index is 6.19. The minimum Gasteiger partial charge on any atom is -0.374 e. The van der Waals surface area contributed by atoms with Crippen molar-refractivity contribution >= 4 is 17.3 Å². The van der Waals surface area contributed by atoms with Crippen LogP contribution in [0.3, 0.4) is 0 Å². The summed E-state index contributed by atoms with van der Waals surface area (Å²) in [6.45, 7) is 5.62. The molecule has 1 aliphatic heterocycles. The maximum atomic E-state index is 6.19. The molecule has 0 radical (unpaired) electrons. The summed E-state index contributed by atoms with van der Waals surface area (Å²) in [5.74, 6) is 0. The molecule has 1 aromatic rings. The van der Waals surface area contributed by atoms with Crippen LogP contribution in [-0.2, 0) is 0 Å². The lowest BCUT2D eigenvalue weighted by Gasteiger charge is -2.32. The van der Waals surface area contributed by atoms with Crippen LogP contribution in [0, 0.1) is 0 Å². The molecule has 1 atom stereocenters. The fraction of sp³-hybridized carbons (Fsp3) is 0.600. The van der Waals surface area contributed by atoms with Crippen molar-refractivity contribution in [2.24, 2.45) is 0 Å². The van der Waals surface area contributed by atoms with E-state index >= 15 is 0 Å². The van der Waals surface area contributed by atoms with Gasteiger partial charge >= 0.3 is 0 Å². The fourth-order valence-corrected chi connectivity index (χ4v) is 2.90. The molecule has 0 spiro atoms. The summed E-state index contributed by atoms with van der Waals surface area (Å²) in [5.41, 5.74) is 2.70. The summed E-state index contributed by atoms with van der Waals surface area (Å²) < 4.78 is 0. The summed E-state index contributed by atoms with van der Waals surface area (Å²) >= 11 is 6.19. The molecular weight excluding hydrogens is 244 g/mol. The van der Waals surface area contributed by atoms with Crippen LogP contribution in [-0.4, -0.2) is 31.6 Å². The van der Waals surface area contributed by atoms with Gasteiger partial charge in [0.05, 0.1) is 0 Å². The van der Waals surface area contributed by atoms with Crippen molar-refractivity contribution in [3.8, 4) is 0 Å². The Bertz CT molecular complexity index is 417. The molecule has 100 valence electrons. The highest BCUT2D eigenvalue weighted by atomic mass is 35.5. The second-order valence-electron chi connectivity index (χ2n) is 5.54. The Morgan fingerprint density at radius 2 is 2.11 bits per heavy atom. The lowest BCUT2D eigenvalue weighted by atomic mass is 9.99. The van der Waals surface area contributed by atoms with Crippen molar-refractivity contribution in [1.29, 1.82) is 0 Å². The van der Waals surface area contributed by atoms with Gasteiger partial charge < -0.3 is 4.90 Å². The zero-order valence-corrected chi connectivity index (χ0v) is 12.5. The molecule has 1 heterocycles. The molecule has 0 N–H and O–H groups in total. The van der Waals surface area contributed by atoms with Crippen LogP contribution in [0.15, 0.2) is 18.2 Å². The normalized spacial score (nSPS) is 20.2. The fourth-order valence-electron chi connectivity index (χ4n) is 2.72. The molecule has 1 unspecified atom stereocenters. The van der Waals surface area contributed by atoms with Crippen LogP contribution < -0.4 is 4.90 Å². The van der Waals surface area contributed by atoms with Gasteiger partial charge in [0.1, 0.15) is 0 Å². The predicted octanol–water partition coefficient (Wildman–Crippen LogP) is 3.95. The molecule has 0 fully saturated rings. The third kappa shape index (κ3) is 2.65. The van der Waals surface area contributed by atoms with E-state index in [9.17, 15) is 0 Å². The number of fused-ring (bicyclic) bond motifs is 1. The van der Waals surface area contributed by atoms with E-state index in [1.165, 1.54) is 24.1 Å². The number of nitrogens with zero attached hydrogens (tertiary/aromatic N) is 2. The largest absolute Gasteiger partial charge is 0.374 e. The lowest BCUT2D eigenvalue weighted by molar-refractivity contribution is 0.187. The second kappa shape index (κ2) is 5.50. The SMILES string of the molecule is CC(C)N(C)C1CCCN(C)c2ccc(Cl)cc21. The highest BCUT2D eigenvalue weighted by Crippen LogP contribution is 2.37. The summed E-state index contributed by atoms with van der Waals surface area (Å²) in [4.78, 5) is 4.80. The van der Waals surface area contributed by atoms with E-state index in [2.05, 4.69) is 49.9 Å². The van der Waals surface area contributed by atoms with E-state index < -0.39 is 0 Å². The van der Waals surface area contributed by atoms with Gasteiger partial charge in [0.2, 0.25) is 0 Å². The van der Waals surface area contributed by atoms with Crippen LogP contribution in [0.5, 0.6) is 0 Å². The van der Waals surface area contributed by atoms with Gasteiger partial charge in [-0.1, -0.05) is 11.6 Å². The molecule has 1 aromatic carbocycles.